The quantitative estimate of drug-likeness (QED) is 0.334. The second-order valence-corrected chi connectivity index (χ2v) is 23.3. The molecular weight excluding hydrogens is 525 g/mol. The molecule has 0 N–H and O–H groups in total. The van der Waals surface area contributed by atoms with Crippen LogP contribution in [0.5, 0.6) is 0 Å². The Bertz CT molecular complexity index is 816. The van der Waals surface area contributed by atoms with Crippen LogP contribution in [0.2, 0.25) is 0 Å². The number of benzene rings is 2. The SMILES string of the molecule is CN(C)c1ccc([PH+](C(C)(C)C)C(C)(C)C)cc1.CN(C)c1ccc([PH+](C(C)(C)C)C(C)(C)C)cc1.[V]. The molecule has 2 aromatic rings. The fraction of sp³-hybridized carbons (Fsp3) is 0.625. The van der Waals surface area contributed by atoms with Crippen molar-refractivity contribution in [2.75, 3.05) is 38.0 Å². The molecule has 0 atom stereocenters. The minimum absolute atomic E-state index is 0. The maximum atomic E-state index is 2.38. The van der Waals surface area contributed by atoms with E-state index in [4.69, 9.17) is 0 Å². The molecule has 2 rings (SSSR count). The van der Waals surface area contributed by atoms with Crippen molar-refractivity contribution in [3.8, 4) is 0 Å². The number of rotatable bonds is 4. The Kier molecular flexibility index (Phi) is 13.5. The number of hydrogen-bond donors (Lipinski definition) is 0. The van der Waals surface area contributed by atoms with Gasteiger partial charge >= 0.3 is 0 Å². The number of nitrogens with zero attached hydrogens (tertiary/aromatic N) is 2. The fourth-order valence-electron chi connectivity index (χ4n) is 5.83. The summed E-state index contributed by atoms with van der Waals surface area (Å²) in [4.78, 5) is 4.31. The summed E-state index contributed by atoms with van der Waals surface area (Å²) >= 11 is 0. The maximum absolute atomic E-state index is 2.38. The van der Waals surface area contributed by atoms with E-state index in [1.807, 2.05) is 0 Å². The first-order valence-electron chi connectivity index (χ1n) is 13.4. The van der Waals surface area contributed by atoms with E-state index in [1.54, 1.807) is 10.6 Å². The Morgan fingerprint density at radius 1 is 0.405 bits per heavy atom. The van der Waals surface area contributed by atoms with Crippen molar-refractivity contribution in [2.24, 2.45) is 0 Å². The van der Waals surface area contributed by atoms with Gasteiger partial charge in [-0.2, -0.15) is 0 Å². The Balaban J connectivity index is 0.000000682. The maximum Gasteiger partial charge on any atom is 0.0927 e. The standard InChI is InChI=1S/2C16H28NP.V/c2*1-15(2,3)18(16(4,5)6)14-11-9-13(10-12-14)17(7)8;/h2*9-12H,1-8H3;/p+2. The van der Waals surface area contributed by atoms with Crippen molar-refractivity contribution in [1.29, 1.82) is 0 Å². The van der Waals surface area contributed by atoms with Crippen molar-refractivity contribution >= 4 is 37.8 Å². The summed E-state index contributed by atoms with van der Waals surface area (Å²) in [6.45, 7) is 28.6. The largest absolute Gasteiger partial charge is 0.378 e. The first-order valence-corrected chi connectivity index (χ1v) is 16.4. The summed E-state index contributed by atoms with van der Waals surface area (Å²) in [5.41, 5.74) is 2.56. The van der Waals surface area contributed by atoms with Crippen LogP contribution in [0.3, 0.4) is 0 Å². The molecule has 209 valence electrons. The average molecular weight is 584 g/mol. The van der Waals surface area contributed by atoms with Crippen LogP contribution in [0.25, 0.3) is 0 Å². The van der Waals surface area contributed by atoms with E-state index >= 15 is 0 Å². The van der Waals surface area contributed by atoms with Crippen LogP contribution in [0, 0.1) is 0 Å². The molecule has 2 nitrogen and oxygen atoms in total. The molecule has 0 amide bonds. The molecular formula is C32H58N2P2V+2. The van der Waals surface area contributed by atoms with Gasteiger partial charge in [0.15, 0.2) is 0 Å². The molecule has 0 spiro atoms. The van der Waals surface area contributed by atoms with Gasteiger partial charge in [0, 0.05) is 74.0 Å². The molecule has 0 unspecified atom stereocenters. The first-order chi connectivity index (χ1) is 16.1. The van der Waals surface area contributed by atoms with Crippen molar-refractivity contribution < 1.29 is 18.6 Å². The van der Waals surface area contributed by atoms with Gasteiger partial charge in [0.1, 0.15) is 0 Å². The monoisotopic (exact) mass is 583 g/mol. The van der Waals surface area contributed by atoms with E-state index < -0.39 is 15.8 Å². The zero-order chi connectivity index (χ0) is 28.3. The third kappa shape index (κ3) is 11.2. The summed E-state index contributed by atoms with van der Waals surface area (Å²) in [5, 5.41) is 4.60. The molecule has 0 aromatic heterocycles. The third-order valence-electron chi connectivity index (χ3n) is 6.34. The van der Waals surface area contributed by atoms with Gasteiger partial charge in [0.2, 0.25) is 0 Å². The van der Waals surface area contributed by atoms with Gasteiger partial charge in [-0.05, 0) is 132 Å². The van der Waals surface area contributed by atoms with Gasteiger partial charge in [-0.3, -0.25) is 0 Å². The van der Waals surface area contributed by atoms with Crippen molar-refractivity contribution in [3.05, 3.63) is 48.5 Å². The van der Waals surface area contributed by atoms with Crippen LogP contribution >= 0.6 is 15.8 Å². The molecule has 0 aliphatic rings. The summed E-state index contributed by atoms with van der Waals surface area (Å²) < 4.78 is 0. The Labute approximate surface area is 245 Å². The summed E-state index contributed by atoms with van der Waals surface area (Å²) in [7, 11) is 7.14. The van der Waals surface area contributed by atoms with Gasteiger partial charge in [-0.15, -0.1) is 0 Å². The molecule has 0 saturated carbocycles. The van der Waals surface area contributed by atoms with Crippen molar-refractivity contribution in [2.45, 2.75) is 104 Å². The molecule has 1 radical (unpaired) electrons. The van der Waals surface area contributed by atoms with E-state index in [0.29, 0.717) is 20.6 Å². The number of hydrogen-bond acceptors (Lipinski definition) is 2. The minimum Gasteiger partial charge on any atom is -0.378 e. The Morgan fingerprint density at radius 2 is 0.595 bits per heavy atom. The zero-order valence-electron chi connectivity index (χ0n) is 27.0. The van der Waals surface area contributed by atoms with Gasteiger partial charge in [-0.25, -0.2) is 0 Å². The summed E-state index contributed by atoms with van der Waals surface area (Å²) in [6, 6.07) is 18.3. The summed E-state index contributed by atoms with van der Waals surface area (Å²) in [6.07, 6.45) is 0. The first kappa shape index (κ1) is 36.5. The van der Waals surface area contributed by atoms with Crippen LogP contribution in [0.15, 0.2) is 48.5 Å². The predicted molar refractivity (Wildman–Crippen MR) is 176 cm³/mol. The second kappa shape index (κ2) is 13.7. The van der Waals surface area contributed by atoms with E-state index in [9.17, 15) is 0 Å². The van der Waals surface area contributed by atoms with Gasteiger partial charge < -0.3 is 9.80 Å². The van der Waals surface area contributed by atoms with Gasteiger partial charge in [-0.1, -0.05) is 0 Å². The van der Waals surface area contributed by atoms with Crippen LogP contribution < -0.4 is 20.4 Å². The van der Waals surface area contributed by atoms with E-state index in [0.717, 1.165) is 0 Å². The fourth-order valence-corrected chi connectivity index (χ4v) is 14.8. The third-order valence-corrected chi connectivity index (χ3v) is 14.2. The van der Waals surface area contributed by atoms with Crippen LogP contribution in [-0.2, 0) is 18.6 Å². The van der Waals surface area contributed by atoms with Crippen molar-refractivity contribution in [1.82, 2.24) is 0 Å². The molecule has 0 aliphatic heterocycles. The zero-order valence-corrected chi connectivity index (χ0v) is 30.4. The molecule has 0 bridgehead atoms. The molecule has 0 saturated heterocycles. The topological polar surface area (TPSA) is 6.48 Å². The normalized spacial score (nSPS) is 12.6. The van der Waals surface area contributed by atoms with Gasteiger partial charge in [0.05, 0.1) is 31.2 Å². The Hall–Kier alpha value is -0.516. The van der Waals surface area contributed by atoms with Crippen LogP contribution in [-0.4, -0.2) is 48.8 Å². The van der Waals surface area contributed by atoms with Gasteiger partial charge in [0.25, 0.3) is 0 Å². The molecule has 0 fully saturated rings. The van der Waals surface area contributed by atoms with E-state index in [-0.39, 0.29) is 18.6 Å². The molecule has 2 aromatic carbocycles. The van der Waals surface area contributed by atoms with E-state index in [2.05, 4.69) is 170 Å². The summed E-state index contributed by atoms with van der Waals surface area (Å²) in [5.74, 6) is 0. The molecule has 0 aliphatic carbocycles. The van der Waals surface area contributed by atoms with Crippen molar-refractivity contribution in [3.63, 3.8) is 0 Å². The van der Waals surface area contributed by atoms with Crippen LogP contribution in [0.4, 0.5) is 11.4 Å². The van der Waals surface area contributed by atoms with E-state index in [1.165, 1.54) is 11.4 Å². The van der Waals surface area contributed by atoms with Crippen LogP contribution in [0.1, 0.15) is 83.1 Å². The second-order valence-electron chi connectivity index (χ2n) is 14.6. The number of anilines is 2. The average Bonchev–Trinajstić information content (AvgIpc) is 2.65. The molecule has 5 heteroatoms. The predicted octanol–water partition coefficient (Wildman–Crippen LogP) is 8.38. The molecule has 37 heavy (non-hydrogen) atoms. The smallest absolute Gasteiger partial charge is 0.0927 e. The molecule has 0 heterocycles. The Morgan fingerprint density at radius 3 is 0.730 bits per heavy atom. The minimum atomic E-state index is -0.614.